The van der Waals surface area contributed by atoms with Crippen molar-refractivity contribution in [3.63, 3.8) is 0 Å². The van der Waals surface area contributed by atoms with Crippen LogP contribution in [0.5, 0.6) is 0 Å². The normalized spacial score (nSPS) is 14.2. The molecule has 0 unspecified atom stereocenters. The number of nitro benzene ring substituents is 1. The highest BCUT2D eigenvalue weighted by Gasteiger charge is 2.22. The van der Waals surface area contributed by atoms with Gasteiger partial charge in [0.2, 0.25) is 16.9 Å². The second kappa shape index (κ2) is 10.2. The highest BCUT2D eigenvalue weighted by atomic mass is 32.2. The SMILES string of the molecule is CNC(=O)CSc1nnc(N2CCN(C(=O)C=Cc3ccc([N+](=O)[O-])cc3)CC2)s1. The fourth-order valence-electron chi connectivity index (χ4n) is 2.69. The Bertz CT molecular complexity index is 938. The number of rotatable bonds is 7. The first-order chi connectivity index (χ1) is 14.5. The van der Waals surface area contributed by atoms with Crippen LogP contribution in [0.3, 0.4) is 0 Å². The third-order valence-corrected chi connectivity index (χ3v) is 6.50. The fraction of sp³-hybridized carbons (Fsp3) is 0.333. The van der Waals surface area contributed by atoms with E-state index < -0.39 is 4.92 Å². The maximum Gasteiger partial charge on any atom is 0.269 e. The van der Waals surface area contributed by atoms with Gasteiger partial charge in [-0.15, -0.1) is 10.2 Å². The van der Waals surface area contributed by atoms with E-state index in [0.29, 0.717) is 31.9 Å². The Balaban J connectivity index is 1.49. The Morgan fingerprint density at radius 3 is 2.57 bits per heavy atom. The van der Waals surface area contributed by atoms with Gasteiger partial charge in [-0.25, -0.2) is 0 Å². The van der Waals surface area contributed by atoms with E-state index in [1.807, 2.05) is 0 Å². The summed E-state index contributed by atoms with van der Waals surface area (Å²) in [6, 6.07) is 6.03. The number of anilines is 1. The number of aromatic nitrogens is 2. The van der Waals surface area contributed by atoms with Gasteiger partial charge in [-0.1, -0.05) is 23.1 Å². The highest BCUT2D eigenvalue weighted by Crippen LogP contribution is 2.28. The predicted molar refractivity (Wildman–Crippen MR) is 116 cm³/mol. The van der Waals surface area contributed by atoms with Crippen LogP contribution in [0.4, 0.5) is 10.8 Å². The van der Waals surface area contributed by atoms with Gasteiger partial charge >= 0.3 is 0 Å². The van der Waals surface area contributed by atoms with Crippen LogP contribution in [0.25, 0.3) is 6.08 Å². The molecule has 1 aromatic heterocycles. The van der Waals surface area contributed by atoms with Crippen LogP contribution in [-0.4, -0.2) is 70.8 Å². The van der Waals surface area contributed by atoms with Crippen molar-refractivity contribution in [1.82, 2.24) is 20.4 Å². The Morgan fingerprint density at radius 2 is 1.93 bits per heavy atom. The Labute approximate surface area is 181 Å². The van der Waals surface area contributed by atoms with Crippen molar-refractivity contribution < 1.29 is 14.5 Å². The van der Waals surface area contributed by atoms with Gasteiger partial charge in [0.05, 0.1) is 10.7 Å². The molecule has 10 nitrogen and oxygen atoms in total. The molecule has 3 rings (SSSR count). The van der Waals surface area contributed by atoms with Crippen LogP contribution in [0.15, 0.2) is 34.7 Å². The minimum absolute atomic E-state index is 0.0152. The van der Waals surface area contributed by atoms with Crippen LogP contribution in [-0.2, 0) is 9.59 Å². The van der Waals surface area contributed by atoms with E-state index in [-0.39, 0.29) is 17.5 Å². The van der Waals surface area contributed by atoms with E-state index in [1.54, 1.807) is 30.2 Å². The summed E-state index contributed by atoms with van der Waals surface area (Å²) in [4.78, 5) is 37.8. The maximum atomic E-state index is 12.4. The fourth-order valence-corrected chi connectivity index (χ4v) is 4.45. The second-order valence-electron chi connectivity index (χ2n) is 6.31. The molecule has 1 aliphatic heterocycles. The zero-order valence-corrected chi connectivity index (χ0v) is 17.8. The molecule has 2 aromatic rings. The van der Waals surface area contributed by atoms with Gasteiger partial charge in [-0.3, -0.25) is 19.7 Å². The van der Waals surface area contributed by atoms with E-state index >= 15 is 0 Å². The zero-order chi connectivity index (χ0) is 21.5. The number of nitro groups is 1. The molecule has 1 aliphatic rings. The Kier molecular flexibility index (Phi) is 7.36. The summed E-state index contributed by atoms with van der Waals surface area (Å²) < 4.78 is 0.734. The minimum atomic E-state index is -0.459. The molecule has 1 saturated heterocycles. The number of carbonyl (C=O) groups excluding carboxylic acids is 2. The number of amides is 2. The minimum Gasteiger partial charge on any atom is -0.358 e. The quantitative estimate of drug-likeness (QED) is 0.294. The van der Waals surface area contributed by atoms with Crippen LogP contribution < -0.4 is 10.2 Å². The summed E-state index contributed by atoms with van der Waals surface area (Å²) in [6.45, 7) is 2.41. The molecular weight excluding hydrogens is 428 g/mol. The molecule has 0 aliphatic carbocycles. The number of thioether (sulfide) groups is 1. The zero-order valence-electron chi connectivity index (χ0n) is 16.2. The first kappa shape index (κ1) is 21.7. The lowest BCUT2D eigenvalue weighted by atomic mass is 10.2. The number of non-ortho nitro benzene ring substituents is 1. The van der Waals surface area contributed by atoms with Crippen LogP contribution in [0, 0.1) is 10.1 Å². The molecule has 1 N–H and O–H groups in total. The number of nitrogens with zero attached hydrogens (tertiary/aromatic N) is 5. The number of hydrogen-bond donors (Lipinski definition) is 1. The standard InChI is InChI=1S/C18H20N6O4S2/c1-19-15(25)12-29-18-21-20-17(30-18)23-10-8-22(9-11-23)16(26)7-4-13-2-5-14(6-3-13)24(27)28/h2-7H,8-12H2,1H3,(H,19,25). The van der Waals surface area contributed by atoms with Crippen molar-refractivity contribution in [2.75, 3.05) is 43.9 Å². The summed E-state index contributed by atoms with van der Waals surface area (Å²) >= 11 is 2.78. The van der Waals surface area contributed by atoms with Crippen LogP contribution >= 0.6 is 23.1 Å². The van der Waals surface area contributed by atoms with Crippen LogP contribution in [0.2, 0.25) is 0 Å². The molecule has 2 heterocycles. The molecule has 0 atom stereocenters. The predicted octanol–water partition coefficient (Wildman–Crippen LogP) is 1.65. The van der Waals surface area contributed by atoms with Gasteiger partial charge in [0, 0.05) is 51.4 Å². The van der Waals surface area contributed by atoms with Crippen molar-refractivity contribution in [3.8, 4) is 0 Å². The molecule has 1 aromatic carbocycles. The van der Waals surface area contributed by atoms with E-state index in [4.69, 9.17) is 0 Å². The topological polar surface area (TPSA) is 122 Å². The van der Waals surface area contributed by atoms with Crippen molar-refractivity contribution >= 4 is 51.8 Å². The third kappa shape index (κ3) is 5.76. The largest absolute Gasteiger partial charge is 0.358 e. The molecule has 2 amide bonds. The maximum absolute atomic E-state index is 12.4. The molecule has 0 radical (unpaired) electrons. The number of nitrogens with one attached hydrogen (secondary N) is 1. The average molecular weight is 449 g/mol. The number of piperazine rings is 1. The van der Waals surface area contributed by atoms with Gasteiger partial charge in [0.1, 0.15) is 0 Å². The molecule has 30 heavy (non-hydrogen) atoms. The van der Waals surface area contributed by atoms with Gasteiger partial charge in [0.15, 0.2) is 4.34 Å². The summed E-state index contributed by atoms with van der Waals surface area (Å²) in [7, 11) is 1.59. The second-order valence-corrected chi connectivity index (χ2v) is 8.49. The molecule has 0 bridgehead atoms. The van der Waals surface area contributed by atoms with Crippen molar-refractivity contribution in [2.45, 2.75) is 4.34 Å². The van der Waals surface area contributed by atoms with Gasteiger partial charge in [-0.2, -0.15) is 0 Å². The molecular formula is C18H20N6O4S2. The lowest BCUT2D eigenvalue weighted by molar-refractivity contribution is -0.384. The lowest BCUT2D eigenvalue weighted by Crippen LogP contribution is -2.48. The summed E-state index contributed by atoms with van der Waals surface area (Å²) in [5.41, 5.74) is 0.740. The molecule has 0 spiro atoms. The summed E-state index contributed by atoms with van der Waals surface area (Å²) in [6.07, 6.45) is 3.13. The van der Waals surface area contributed by atoms with E-state index in [1.165, 1.54) is 41.3 Å². The first-order valence-corrected chi connectivity index (χ1v) is 10.9. The van der Waals surface area contributed by atoms with Gasteiger partial charge in [0.25, 0.3) is 5.69 Å². The monoisotopic (exact) mass is 448 g/mol. The third-order valence-electron chi connectivity index (χ3n) is 4.39. The van der Waals surface area contributed by atoms with Gasteiger partial charge < -0.3 is 15.1 Å². The molecule has 12 heteroatoms. The molecule has 1 fully saturated rings. The summed E-state index contributed by atoms with van der Waals surface area (Å²) in [5, 5.41) is 22.3. The smallest absolute Gasteiger partial charge is 0.269 e. The van der Waals surface area contributed by atoms with Gasteiger partial charge in [-0.05, 0) is 23.8 Å². The Hall–Kier alpha value is -2.99. The number of hydrogen-bond acceptors (Lipinski definition) is 9. The highest BCUT2D eigenvalue weighted by molar-refractivity contribution is 8.01. The number of benzene rings is 1. The molecule has 158 valence electrons. The van der Waals surface area contributed by atoms with E-state index in [9.17, 15) is 19.7 Å². The van der Waals surface area contributed by atoms with E-state index in [2.05, 4.69) is 20.4 Å². The summed E-state index contributed by atoms with van der Waals surface area (Å²) in [5.74, 6) is 0.131. The van der Waals surface area contributed by atoms with E-state index in [0.717, 1.165) is 15.0 Å². The first-order valence-electron chi connectivity index (χ1n) is 9.09. The average Bonchev–Trinajstić information content (AvgIpc) is 3.25. The van der Waals surface area contributed by atoms with Crippen LogP contribution in [0.1, 0.15) is 5.56 Å². The van der Waals surface area contributed by atoms with Crippen molar-refractivity contribution in [3.05, 3.63) is 46.0 Å². The lowest BCUT2D eigenvalue weighted by Gasteiger charge is -2.33. The van der Waals surface area contributed by atoms with Crippen molar-refractivity contribution in [2.24, 2.45) is 0 Å². The molecule has 0 saturated carbocycles. The van der Waals surface area contributed by atoms with Crippen molar-refractivity contribution in [1.29, 1.82) is 0 Å². The number of carbonyl (C=O) groups is 2. The Morgan fingerprint density at radius 1 is 1.23 bits per heavy atom.